The molecule has 21 heavy (non-hydrogen) atoms. The topological polar surface area (TPSA) is 47.6 Å². The van der Waals surface area contributed by atoms with Crippen LogP contribution in [0.3, 0.4) is 0 Å². The Kier molecular flexibility index (Phi) is 4.34. The van der Waals surface area contributed by atoms with Crippen LogP contribution in [-0.2, 0) is 6.54 Å². The van der Waals surface area contributed by atoms with Crippen molar-refractivity contribution < 1.29 is 14.3 Å². The van der Waals surface area contributed by atoms with Crippen molar-refractivity contribution in [2.75, 3.05) is 6.79 Å². The van der Waals surface area contributed by atoms with Crippen molar-refractivity contribution in [1.29, 1.82) is 0 Å². The van der Waals surface area contributed by atoms with Gasteiger partial charge in [-0.05, 0) is 58.5 Å². The van der Waals surface area contributed by atoms with E-state index in [1.54, 1.807) is 0 Å². The van der Waals surface area contributed by atoms with Gasteiger partial charge in [-0.1, -0.05) is 22.0 Å². The van der Waals surface area contributed by atoms with E-state index in [0.29, 0.717) is 12.1 Å². The average molecular weight is 460 g/mol. The Morgan fingerprint density at radius 1 is 1.19 bits per heavy atom. The maximum Gasteiger partial charge on any atom is 0.252 e. The van der Waals surface area contributed by atoms with Crippen molar-refractivity contribution in [2.45, 2.75) is 6.54 Å². The third-order valence-electron chi connectivity index (χ3n) is 3.06. The van der Waals surface area contributed by atoms with Crippen LogP contribution in [0.4, 0.5) is 0 Å². The minimum absolute atomic E-state index is 0.0987. The van der Waals surface area contributed by atoms with E-state index < -0.39 is 0 Å². The average Bonchev–Trinajstić information content (AvgIpc) is 2.94. The van der Waals surface area contributed by atoms with Crippen LogP contribution in [0.15, 0.2) is 40.9 Å². The van der Waals surface area contributed by atoms with Crippen LogP contribution in [-0.4, -0.2) is 12.7 Å². The summed E-state index contributed by atoms with van der Waals surface area (Å²) >= 11 is 5.53. The summed E-state index contributed by atoms with van der Waals surface area (Å²) in [6.07, 6.45) is 0. The third kappa shape index (κ3) is 3.32. The number of rotatable bonds is 3. The molecule has 2 aromatic rings. The first-order chi connectivity index (χ1) is 10.1. The molecule has 1 N–H and O–H groups in total. The van der Waals surface area contributed by atoms with Gasteiger partial charge < -0.3 is 14.8 Å². The minimum atomic E-state index is -0.0987. The number of nitrogens with one attached hydrogen (secondary N) is 1. The highest BCUT2D eigenvalue weighted by Gasteiger charge is 2.14. The molecule has 0 bridgehead atoms. The van der Waals surface area contributed by atoms with Gasteiger partial charge in [-0.15, -0.1) is 0 Å². The maximum absolute atomic E-state index is 12.2. The number of benzene rings is 2. The lowest BCUT2D eigenvalue weighted by Crippen LogP contribution is -2.23. The number of amides is 1. The van der Waals surface area contributed by atoms with Crippen LogP contribution >= 0.6 is 38.5 Å². The predicted octanol–water partition coefficient (Wildman–Crippen LogP) is 3.71. The van der Waals surface area contributed by atoms with E-state index in [0.717, 1.165) is 25.1 Å². The zero-order valence-electron chi connectivity index (χ0n) is 10.9. The molecule has 0 aromatic heterocycles. The Morgan fingerprint density at radius 2 is 2.00 bits per heavy atom. The highest BCUT2D eigenvalue weighted by molar-refractivity contribution is 14.1. The van der Waals surface area contributed by atoms with Gasteiger partial charge in [0.05, 0.1) is 5.56 Å². The van der Waals surface area contributed by atoms with Crippen molar-refractivity contribution in [3.8, 4) is 11.5 Å². The van der Waals surface area contributed by atoms with Gasteiger partial charge in [-0.2, -0.15) is 0 Å². The first-order valence-electron chi connectivity index (χ1n) is 6.25. The Balaban J connectivity index is 1.70. The van der Waals surface area contributed by atoms with Gasteiger partial charge in [0, 0.05) is 14.6 Å². The van der Waals surface area contributed by atoms with Crippen LogP contribution < -0.4 is 14.8 Å². The van der Waals surface area contributed by atoms with Crippen LogP contribution in [0.25, 0.3) is 0 Å². The molecule has 1 aliphatic heterocycles. The quantitative estimate of drug-likeness (QED) is 0.712. The van der Waals surface area contributed by atoms with Gasteiger partial charge in [0.1, 0.15) is 0 Å². The molecule has 4 nitrogen and oxygen atoms in total. The van der Waals surface area contributed by atoms with Crippen LogP contribution in [0.2, 0.25) is 0 Å². The van der Waals surface area contributed by atoms with Crippen molar-refractivity contribution >= 4 is 44.4 Å². The van der Waals surface area contributed by atoms with E-state index in [9.17, 15) is 4.79 Å². The summed E-state index contributed by atoms with van der Waals surface area (Å²) in [7, 11) is 0. The summed E-state index contributed by atoms with van der Waals surface area (Å²) in [4.78, 5) is 12.2. The summed E-state index contributed by atoms with van der Waals surface area (Å²) in [6, 6.07) is 11.3. The molecule has 6 heteroatoms. The fourth-order valence-electron chi connectivity index (χ4n) is 2.00. The molecule has 0 saturated heterocycles. The molecular weight excluding hydrogens is 449 g/mol. The lowest BCUT2D eigenvalue weighted by atomic mass is 10.2. The van der Waals surface area contributed by atoms with E-state index in [2.05, 4.69) is 43.8 Å². The Bertz CT molecular complexity index is 705. The smallest absolute Gasteiger partial charge is 0.252 e. The minimum Gasteiger partial charge on any atom is -0.454 e. The van der Waals surface area contributed by atoms with Gasteiger partial charge in [-0.25, -0.2) is 0 Å². The maximum atomic E-state index is 12.2. The van der Waals surface area contributed by atoms with Gasteiger partial charge in [0.25, 0.3) is 5.91 Å². The van der Waals surface area contributed by atoms with E-state index in [1.165, 1.54) is 0 Å². The summed E-state index contributed by atoms with van der Waals surface area (Å²) < 4.78 is 12.4. The second-order valence-corrected chi connectivity index (χ2v) is 6.57. The largest absolute Gasteiger partial charge is 0.454 e. The van der Waals surface area contributed by atoms with Gasteiger partial charge >= 0.3 is 0 Å². The molecule has 0 aliphatic carbocycles. The second kappa shape index (κ2) is 6.23. The van der Waals surface area contributed by atoms with Crippen molar-refractivity contribution in [2.24, 2.45) is 0 Å². The van der Waals surface area contributed by atoms with Gasteiger partial charge in [0.15, 0.2) is 11.5 Å². The number of ether oxygens (including phenoxy) is 2. The van der Waals surface area contributed by atoms with E-state index in [4.69, 9.17) is 9.47 Å². The fraction of sp³-hybridized carbons (Fsp3) is 0.133. The summed E-state index contributed by atoms with van der Waals surface area (Å²) in [5, 5.41) is 2.91. The molecule has 0 radical (unpaired) electrons. The van der Waals surface area contributed by atoms with Crippen LogP contribution in [0.1, 0.15) is 15.9 Å². The first kappa shape index (κ1) is 14.6. The lowest BCUT2D eigenvalue weighted by molar-refractivity contribution is 0.0950. The first-order valence-corrected chi connectivity index (χ1v) is 8.12. The van der Waals surface area contributed by atoms with Crippen molar-refractivity contribution in [1.82, 2.24) is 5.32 Å². The molecule has 0 fully saturated rings. The Morgan fingerprint density at radius 3 is 2.86 bits per heavy atom. The standard InChI is InChI=1S/C15H11BrINO3/c16-10-2-3-12(17)11(6-10)15(19)18-7-9-1-4-13-14(5-9)21-8-20-13/h1-6H,7-8H2,(H,18,19). The predicted molar refractivity (Wildman–Crippen MR) is 90.6 cm³/mol. The number of carbonyl (C=O) groups is 1. The second-order valence-electron chi connectivity index (χ2n) is 4.49. The highest BCUT2D eigenvalue weighted by atomic mass is 127. The number of fused-ring (bicyclic) bond motifs is 1. The normalized spacial score (nSPS) is 12.3. The number of carbonyl (C=O) groups excluding carboxylic acids is 1. The van der Waals surface area contributed by atoms with E-state index in [-0.39, 0.29) is 12.7 Å². The van der Waals surface area contributed by atoms with E-state index >= 15 is 0 Å². The van der Waals surface area contributed by atoms with Crippen molar-refractivity contribution in [3.05, 3.63) is 55.6 Å². The van der Waals surface area contributed by atoms with Gasteiger partial charge in [-0.3, -0.25) is 4.79 Å². The summed E-state index contributed by atoms with van der Waals surface area (Å²) in [6.45, 7) is 0.694. The SMILES string of the molecule is O=C(NCc1ccc2c(c1)OCO2)c1cc(Br)ccc1I. The zero-order valence-corrected chi connectivity index (χ0v) is 14.6. The lowest BCUT2D eigenvalue weighted by Gasteiger charge is -2.08. The zero-order chi connectivity index (χ0) is 14.8. The molecule has 0 spiro atoms. The molecule has 108 valence electrons. The molecule has 0 unspecified atom stereocenters. The Labute approximate surface area is 144 Å². The van der Waals surface area contributed by atoms with E-state index in [1.807, 2.05) is 36.4 Å². The fourth-order valence-corrected chi connectivity index (χ4v) is 2.94. The highest BCUT2D eigenvalue weighted by Crippen LogP contribution is 2.32. The molecule has 3 rings (SSSR count). The number of hydrogen-bond donors (Lipinski definition) is 1. The molecule has 1 amide bonds. The third-order valence-corrected chi connectivity index (χ3v) is 4.50. The molecular formula is C15H11BrINO3. The number of halogens is 2. The van der Waals surface area contributed by atoms with Gasteiger partial charge in [0.2, 0.25) is 6.79 Å². The molecule has 1 heterocycles. The number of hydrogen-bond acceptors (Lipinski definition) is 3. The van der Waals surface area contributed by atoms with Crippen LogP contribution in [0, 0.1) is 3.57 Å². The Hall–Kier alpha value is -1.28. The van der Waals surface area contributed by atoms with Crippen LogP contribution in [0.5, 0.6) is 11.5 Å². The molecule has 0 saturated carbocycles. The molecule has 1 aliphatic rings. The summed E-state index contributed by atoms with van der Waals surface area (Å²) in [5.74, 6) is 1.36. The molecule has 2 aromatic carbocycles. The van der Waals surface area contributed by atoms with Crippen molar-refractivity contribution in [3.63, 3.8) is 0 Å². The monoisotopic (exact) mass is 459 g/mol. The molecule has 0 atom stereocenters. The summed E-state index contributed by atoms with van der Waals surface area (Å²) in [5.41, 5.74) is 1.63.